The fraction of sp³-hybridized carbons (Fsp3) is 0.667. The number of imidazole rings is 1. The number of carboxylic acid groups (broad SMARTS) is 1. The Bertz CT molecular complexity index is 899. The predicted molar refractivity (Wildman–Crippen MR) is 107 cm³/mol. The van der Waals surface area contributed by atoms with Gasteiger partial charge in [-0.25, -0.2) is 9.78 Å². The molecule has 0 aliphatic rings. The van der Waals surface area contributed by atoms with Crippen LogP contribution >= 0.6 is 11.8 Å². The summed E-state index contributed by atoms with van der Waals surface area (Å²) in [5, 5.41) is 8.95. The van der Waals surface area contributed by atoms with Gasteiger partial charge in [-0.1, -0.05) is 57.2 Å². The lowest BCUT2D eigenvalue weighted by molar-refractivity contribution is -0.136. The summed E-state index contributed by atoms with van der Waals surface area (Å²) < 4.78 is 3.04. The molecule has 2 rings (SSSR count). The van der Waals surface area contributed by atoms with Crippen LogP contribution < -0.4 is 11.2 Å². The van der Waals surface area contributed by atoms with Crippen LogP contribution in [0.5, 0.6) is 0 Å². The molecule has 0 aromatic carbocycles. The second-order valence-electron chi connectivity index (χ2n) is 6.76. The highest BCUT2D eigenvalue weighted by Gasteiger charge is 2.21. The van der Waals surface area contributed by atoms with Crippen LogP contribution in [0.2, 0.25) is 0 Å². The Morgan fingerprint density at radius 3 is 2.44 bits per heavy atom. The second kappa shape index (κ2) is 9.77. The molecule has 0 aliphatic heterocycles. The standard InChI is InChI=1S/C18H28N4O4S/c1-4-5-6-7-8-9-10-11-22-13-14(21(3)17(26)20-15(13)23)19-18(22)27-12(2)16(24)25/h12H,4-11H2,1-3H3,(H,24,25)(H,20,23,26). The minimum Gasteiger partial charge on any atom is -0.480 e. The highest BCUT2D eigenvalue weighted by Crippen LogP contribution is 2.26. The van der Waals surface area contributed by atoms with Gasteiger partial charge in [-0.2, -0.15) is 0 Å². The lowest BCUT2D eigenvalue weighted by Gasteiger charge is -2.10. The molecule has 0 bridgehead atoms. The number of aromatic amines is 1. The number of unbranched alkanes of at least 4 members (excludes halogenated alkanes) is 6. The van der Waals surface area contributed by atoms with Crippen molar-refractivity contribution in [3.63, 3.8) is 0 Å². The number of carboxylic acids is 1. The molecule has 0 aliphatic carbocycles. The van der Waals surface area contributed by atoms with Crippen molar-refractivity contribution in [1.82, 2.24) is 19.1 Å². The number of rotatable bonds is 11. The third-order valence-electron chi connectivity index (χ3n) is 4.59. The highest BCUT2D eigenvalue weighted by atomic mass is 32.2. The molecule has 2 aromatic rings. The minimum atomic E-state index is -0.947. The van der Waals surface area contributed by atoms with E-state index in [0.717, 1.165) is 31.0 Å². The van der Waals surface area contributed by atoms with Crippen LogP contribution in [0, 0.1) is 0 Å². The van der Waals surface area contributed by atoms with E-state index in [2.05, 4.69) is 16.9 Å². The third kappa shape index (κ3) is 5.24. The van der Waals surface area contributed by atoms with Gasteiger partial charge in [0.25, 0.3) is 5.56 Å². The Balaban J connectivity index is 2.25. The lowest BCUT2D eigenvalue weighted by atomic mass is 10.1. The quantitative estimate of drug-likeness (QED) is 0.446. The number of aryl methyl sites for hydroxylation is 2. The van der Waals surface area contributed by atoms with E-state index >= 15 is 0 Å². The Morgan fingerprint density at radius 1 is 1.19 bits per heavy atom. The molecule has 150 valence electrons. The molecule has 2 heterocycles. The van der Waals surface area contributed by atoms with E-state index in [1.54, 1.807) is 18.5 Å². The van der Waals surface area contributed by atoms with Gasteiger partial charge in [0.1, 0.15) is 5.25 Å². The van der Waals surface area contributed by atoms with Crippen LogP contribution in [-0.2, 0) is 18.4 Å². The van der Waals surface area contributed by atoms with Crippen molar-refractivity contribution >= 4 is 28.9 Å². The predicted octanol–water partition coefficient (Wildman–Crippen LogP) is 2.74. The van der Waals surface area contributed by atoms with E-state index in [0.29, 0.717) is 17.2 Å². The molecule has 0 saturated heterocycles. The highest BCUT2D eigenvalue weighted by molar-refractivity contribution is 8.00. The van der Waals surface area contributed by atoms with E-state index in [-0.39, 0.29) is 5.65 Å². The maximum absolute atomic E-state index is 12.4. The van der Waals surface area contributed by atoms with E-state index in [9.17, 15) is 19.5 Å². The third-order valence-corrected chi connectivity index (χ3v) is 5.66. The van der Waals surface area contributed by atoms with Crippen molar-refractivity contribution in [2.24, 2.45) is 7.05 Å². The van der Waals surface area contributed by atoms with E-state index in [4.69, 9.17) is 0 Å². The Hall–Kier alpha value is -2.03. The van der Waals surface area contributed by atoms with Crippen LogP contribution in [0.1, 0.15) is 58.8 Å². The molecule has 9 heteroatoms. The van der Waals surface area contributed by atoms with Crippen molar-refractivity contribution in [2.75, 3.05) is 0 Å². The average molecular weight is 397 g/mol. The number of hydrogen-bond acceptors (Lipinski definition) is 5. The van der Waals surface area contributed by atoms with Gasteiger partial charge in [-0.05, 0) is 13.3 Å². The lowest BCUT2D eigenvalue weighted by Crippen LogP contribution is -2.29. The normalized spacial score (nSPS) is 12.6. The summed E-state index contributed by atoms with van der Waals surface area (Å²) in [6.07, 6.45) is 7.94. The Labute approximate surface area is 162 Å². The number of nitrogens with zero attached hydrogens (tertiary/aromatic N) is 3. The van der Waals surface area contributed by atoms with Crippen molar-refractivity contribution in [3.05, 3.63) is 20.8 Å². The zero-order valence-corrected chi connectivity index (χ0v) is 17.0. The molecule has 0 fully saturated rings. The topological polar surface area (TPSA) is 110 Å². The molecule has 8 nitrogen and oxygen atoms in total. The van der Waals surface area contributed by atoms with Crippen LogP contribution in [0.25, 0.3) is 11.2 Å². The molecular formula is C18H28N4O4S. The number of fused-ring (bicyclic) bond motifs is 1. The summed E-state index contributed by atoms with van der Waals surface area (Å²) in [7, 11) is 1.54. The van der Waals surface area contributed by atoms with Gasteiger partial charge < -0.3 is 9.67 Å². The number of hydrogen-bond donors (Lipinski definition) is 2. The van der Waals surface area contributed by atoms with E-state index < -0.39 is 22.5 Å². The molecular weight excluding hydrogens is 368 g/mol. The maximum Gasteiger partial charge on any atom is 0.329 e. The first-order valence-electron chi connectivity index (χ1n) is 9.45. The summed E-state index contributed by atoms with van der Waals surface area (Å²) in [4.78, 5) is 42.1. The van der Waals surface area contributed by atoms with Crippen molar-refractivity contribution in [3.8, 4) is 0 Å². The van der Waals surface area contributed by atoms with Gasteiger partial charge in [-0.3, -0.25) is 19.1 Å². The van der Waals surface area contributed by atoms with Crippen molar-refractivity contribution in [1.29, 1.82) is 0 Å². The van der Waals surface area contributed by atoms with Crippen LogP contribution in [-0.4, -0.2) is 35.4 Å². The molecule has 0 radical (unpaired) electrons. The van der Waals surface area contributed by atoms with Crippen LogP contribution in [0.15, 0.2) is 14.7 Å². The zero-order chi connectivity index (χ0) is 20.0. The summed E-state index contributed by atoms with van der Waals surface area (Å²) >= 11 is 1.09. The molecule has 2 N–H and O–H groups in total. The summed E-state index contributed by atoms with van der Waals surface area (Å²) in [5.74, 6) is -0.947. The van der Waals surface area contributed by atoms with Crippen LogP contribution in [0.3, 0.4) is 0 Å². The first-order valence-corrected chi connectivity index (χ1v) is 10.3. The molecule has 0 amide bonds. The van der Waals surface area contributed by atoms with Gasteiger partial charge >= 0.3 is 11.7 Å². The van der Waals surface area contributed by atoms with Crippen molar-refractivity contribution in [2.45, 2.75) is 75.7 Å². The minimum absolute atomic E-state index is 0.284. The van der Waals surface area contributed by atoms with E-state index in [1.165, 1.54) is 30.3 Å². The largest absolute Gasteiger partial charge is 0.480 e. The first kappa shape index (κ1) is 21.3. The number of carbonyl (C=O) groups is 1. The van der Waals surface area contributed by atoms with E-state index in [1.807, 2.05) is 0 Å². The smallest absolute Gasteiger partial charge is 0.329 e. The maximum atomic E-state index is 12.4. The van der Waals surface area contributed by atoms with Crippen LogP contribution in [0.4, 0.5) is 0 Å². The summed E-state index contributed by atoms with van der Waals surface area (Å²) in [6.45, 7) is 4.33. The second-order valence-corrected chi connectivity index (χ2v) is 8.06. The molecule has 1 atom stereocenters. The number of nitrogens with one attached hydrogen (secondary N) is 1. The molecule has 0 saturated carbocycles. The SMILES string of the molecule is CCCCCCCCCn1c(SC(C)C(=O)O)nc2c1c(=O)[nH]c(=O)n2C. The first-order chi connectivity index (χ1) is 12.9. The van der Waals surface area contributed by atoms with Crippen molar-refractivity contribution < 1.29 is 9.90 Å². The molecule has 0 spiro atoms. The number of aliphatic carboxylic acids is 1. The van der Waals surface area contributed by atoms with Gasteiger partial charge in [0.15, 0.2) is 16.3 Å². The van der Waals surface area contributed by atoms with Gasteiger partial charge in [0.2, 0.25) is 0 Å². The molecule has 1 unspecified atom stereocenters. The fourth-order valence-corrected chi connectivity index (χ4v) is 3.81. The number of thioether (sulfide) groups is 1. The summed E-state index contributed by atoms with van der Waals surface area (Å²) in [5.41, 5.74) is -0.413. The Kier molecular flexibility index (Phi) is 7.70. The number of aromatic nitrogens is 4. The monoisotopic (exact) mass is 396 g/mol. The van der Waals surface area contributed by atoms with Gasteiger partial charge in [0, 0.05) is 13.6 Å². The fourth-order valence-electron chi connectivity index (χ4n) is 2.95. The van der Waals surface area contributed by atoms with Gasteiger partial charge in [0.05, 0.1) is 0 Å². The average Bonchev–Trinajstić information content (AvgIpc) is 2.97. The zero-order valence-electron chi connectivity index (χ0n) is 16.2. The molecule has 27 heavy (non-hydrogen) atoms. The summed E-state index contributed by atoms with van der Waals surface area (Å²) in [6, 6.07) is 0. The van der Waals surface area contributed by atoms with Gasteiger partial charge in [-0.15, -0.1) is 0 Å². The number of H-pyrrole nitrogens is 1. The molecule has 2 aromatic heterocycles. The Morgan fingerprint density at radius 2 is 1.81 bits per heavy atom.